The fourth-order valence-corrected chi connectivity index (χ4v) is 0.794. The number of ether oxygens (including phenoxy) is 1. The Kier molecular flexibility index (Phi) is 7.84. The van der Waals surface area contributed by atoms with Crippen LogP contribution in [0.5, 0.6) is 0 Å². The van der Waals surface area contributed by atoms with Crippen LogP contribution in [0.3, 0.4) is 0 Å². The highest BCUT2D eigenvalue weighted by Gasteiger charge is 2.05. The lowest BCUT2D eigenvalue weighted by Gasteiger charge is -2.10. The topological polar surface area (TPSA) is 70.6 Å². The van der Waals surface area contributed by atoms with Crippen LogP contribution in [0.1, 0.15) is 0 Å². The number of methoxy groups -OCH3 is 1. The Morgan fingerprint density at radius 1 is 1.71 bits per heavy atom. The third-order valence-electron chi connectivity index (χ3n) is 1.41. The zero-order valence-electron chi connectivity index (χ0n) is 8.25. The van der Waals surface area contributed by atoms with Gasteiger partial charge in [0.2, 0.25) is 5.91 Å². The summed E-state index contributed by atoms with van der Waals surface area (Å²) in [5, 5.41) is 14.4. The van der Waals surface area contributed by atoms with Gasteiger partial charge in [-0.15, -0.1) is 6.42 Å². The average molecular weight is 200 g/mol. The van der Waals surface area contributed by atoms with E-state index in [9.17, 15) is 9.90 Å². The molecular weight excluding hydrogens is 184 g/mol. The van der Waals surface area contributed by atoms with E-state index >= 15 is 0 Å². The predicted molar refractivity (Wildman–Crippen MR) is 52.6 cm³/mol. The lowest BCUT2D eigenvalue weighted by atomic mass is 10.3. The monoisotopic (exact) mass is 200 g/mol. The molecule has 1 atom stereocenters. The summed E-state index contributed by atoms with van der Waals surface area (Å²) in [7, 11) is 1.49. The van der Waals surface area contributed by atoms with Crippen molar-refractivity contribution in [2.45, 2.75) is 6.10 Å². The molecule has 1 unspecified atom stereocenters. The first-order chi connectivity index (χ1) is 6.70. The van der Waals surface area contributed by atoms with E-state index in [2.05, 4.69) is 16.6 Å². The number of terminal acetylenes is 1. The number of aliphatic hydroxyl groups is 1. The van der Waals surface area contributed by atoms with Crippen molar-refractivity contribution in [1.82, 2.24) is 10.6 Å². The predicted octanol–water partition coefficient (Wildman–Crippen LogP) is -1.67. The Morgan fingerprint density at radius 3 is 3.00 bits per heavy atom. The summed E-state index contributed by atoms with van der Waals surface area (Å²) in [5.74, 6) is 2.15. The van der Waals surface area contributed by atoms with Gasteiger partial charge in [0.15, 0.2) is 0 Å². The van der Waals surface area contributed by atoms with Crippen LogP contribution in [0.2, 0.25) is 0 Å². The highest BCUT2D eigenvalue weighted by molar-refractivity contribution is 5.78. The number of rotatable bonds is 7. The molecule has 0 heterocycles. The van der Waals surface area contributed by atoms with Crippen LogP contribution >= 0.6 is 0 Å². The molecule has 80 valence electrons. The van der Waals surface area contributed by atoms with E-state index in [0.29, 0.717) is 6.54 Å². The van der Waals surface area contributed by atoms with E-state index in [4.69, 9.17) is 11.2 Å². The molecule has 0 rings (SSSR count). The van der Waals surface area contributed by atoms with E-state index < -0.39 is 6.10 Å². The standard InChI is InChI=1S/C9H16N2O3/c1-3-4-10-6-9(13)11-5-8(12)7-14-2/h1,8,10,12H,4-7H2,2H3,(H,11,13). The second kappa shape index (κ2) is 8.51. The van der Waals surface area contributed by atoms with Crippen LogP contribution < -0.4 is 10.6 Å². The van der Waals surface area contributed by atoms with Crippen molar-refractivity contribution in [3.63, 3.8) is 0 Å². The van der Waals surface area contributed by atoms with Gasteiger partial charge in [0, 0.05) is 13.7 Å². The smallest absolute Gasteiger partial charge is 0.234 e. The minimum absolute atomic E-state index is 0.157. The van der Waals surface area contributed by atoms with E-state index in [1.807, 2.05) is 0 Å². The van der Waals surface area contributed by atoms with Crippen LogP contribution in [0.25, 0.3) is 0 Å². The molecule has 0 saturated heterocycles. The molecular formula is C9H16N2O3. The molecule has 0 aliphatic carbocycles. The minimum atomic E-state index is -0.670. The molecule has 0 radical (unpaired) electrons. The SMILES string of the molecule is C#CCNCC(=O)NCC(O)COC. The highest BCUT2D eigenvalue weighted by atomic mass is 16.5. The third kappa shape index (κ3) is 7.55. The van der Waals surface area contributed by atoms with Gasteiger partial charge in [0.25, 0.3) is 0 Å². The van der Waals surface area contributed by atoms with Crippen LogP contribution in [0.4, 0.5) is 0 Å². The largest absolute Gasteiger partial charge is 0.389 e. The maximum absolute atomic E-state index is 11.0. The van der Waals surface area contributed by atoms with Crippen molar-refractivity contribution in [3.05, 3.63) is 0 Å². The Hall–Kier alpha value is -1.09. The van der Waals surface area contributed by atoms with Crippen LogP contribution in [0, 0.1) is 12.3 Å². The summed E-state index contributed by atoms with van der Waals surface area (Å²) >= 11 is 0. The normalized spacial score (nSPS) is 11.8. The molecule has 5 heteroatoms. The molecule has 1 amide bonds. The molecule has 3 N–H and O–H groups in total. The van der Waals surface area contributed by atoms with Gasteiger partial charge in [-0.05, 0) is 0 Å². The van der Waals surface area contributed by atoms with Crippen LogP contribution in [-0.2, 0) is 9.53 Å². The van der Waals surface area contributed by atoms with Gasteiger partial charge < -0.3 is 15.2 Å². The number of hydrogen-bond acceptors (Lipinski definition) is 4. The van der Waals surface area contributed by atoms with Crippen LogP contribution in [-0.4, -0.2) is 50.5 Å². The summed E-state index contributed by atoms with van der Waals surface area (Å²) in [6.45, 7) is 0.903. The summed E-state index contributed by atoms with van der Waals surface area (Å²) in [6, 6.07) is 0. The number of carbonyl (C=O) groups excluding carboxylic acids is 1. The minimum Gasteiger partial charge on any atom is -0.389 e. The van der Waals surface area contributed by atoms with Gasteiger partial charge in [-0.25, -0.2) is 0 Å². The summed E-state index contributed by atoms with van der Waals surface area (Å²) in [5.41, 5.74) is 0. The van der Waals surface area contributed by atoms with Crippen molar-refractivity contribution in [1.29, 1.82) is 0 Å². The summed E-state index contributed by atoms with van der Waals surface area (Å²) < 4.78 is 4.69. The van der Waals surface area contributed by atoms with Crippen molar-refractivity contribution in [2.24, 2.45) is 0 Å². The van der Waals surface area contributed by atoms with Crippen molar-refractivity contribution in [3.8, 4) is 12.3 Å². The quantitative estimate of drug-likeness (QED) is 0.339. The molecule has 0 fully saturated rings. The number of amides is 1. The van der Waals surface area contributed by atoms with E-state index in [0.717, 1.165) is 0 Å². The number of nitrogens with one attached hydrogen (secondary N) is 2. The molecule has 0 spiro atoms. The molecule has 0 saturated carbocycles. The zero-order valence-corrected chi connectivity index (χ0v) is 8.25. The van der Waals surface area contributed by atoms with Gasteiger partial charge in [0.1, 0.15) is 0 Å². The Morgan fingerprint density at radius 2 is 2.43 bits per heavy atom. The number of aliphatic hydroxyl groups excluding tert-OH is 1. The average Bonchev–Trinajstić information content (AvgIpc) is 2.16. The molecule has 0 aromatic rings. The second-order valence-corrected chi connectivity index (χ2v) is 2.72. The molecule has 0 bridgehead atoms. The van der Waals surface area contributed by atoms with Gasteiger partial charge >= 0.3 is 0 Å². The highest BCUT2D eigenvalue weighted by Crippen LogP contribution is 1.80. The Balaban J connectivity index is 3.39. The van der Waals surface area contributed by atoms with Crippen LogP contribution in [0.15, 0.2) is 0 Å². The van der Waals surface area contributed by atoms with Gasteiger partial charge in [-0.2, -0.15) is 0 Å². The van der Waals surface area contributed by atoms with E-state index in [1.54, 1.807) is 0 Å². The molecule has 0 aromatic heterocycles. The van der Waals surface area contributed by atoms with Gasteiger partial charge in [-0.3, -0.25) is 10.1 Å². The van der Waals surface area contributed by atoms with E-state index in [1.165, 1.54) is 7.11 Å². The third-order valence-corrected chi connectivity index (χ3v) is 1.41. The first kappa shape index (κ1) is 12.9. The summed E-state index contributed by atoms with van der Waals surface area (Å²) in [4.78, 5) is 11.0. The molecule has 0 aromatic carbocycles. The second-order valence-electron chi connectivity index (χ2n) is 2.72. The zero-order chi connectivity index (χ0) is 10.8. The molecule has 5 nitrogen and oxygen atoms in total. The van der Waals surface area contributed by atoms with Crippen molar-refractivity contribution in [2.75, 3.05) is 33.4 Å². The number of carbonyl (C=O) groups is 1. The van der Waals surface area contributed by atoms with Gasteiger partial charge in [-0.1, -0.05) is 5.92 Å². The summed E-state index contributed by atoms with van der Waals surface area (Å²) in [6.07, 6.45) is 4.31. The molecule has 14 heavy (non-hydrogen) atoms. The van der Waals surface area contributed by atoms with Crippen molar-refractivity contribution < 1.29 is 14.6 Å². The lowest BCUT2D eigenvalue weighted by Crippen LogP contribution is -2.39. The molecule has 0 aliphatic heterocycles. The van der Waals surface area contributed by atoms with Crippen molar-refractivity contribution >= 4 is 5.91 Å². The fourth-order valence-electron chi connectivity index (χ4n) is 0.794. The fraction of sp³-hybridized carbons (Fsp3) is 0.667. The maximum Gasteiger partial charge on any atom is 0.234 e. The first-order valence-corrected chi connectivity index (χ1v) is 4.28. The van der Waals surface area contributed by atoms with E-state index in [-0.39, 0.29) is 25.6 Å². The Bertz CT molecular complexity index is 201. The van der Waals surface area contributed by atoms with Gasteiger partial charge in [0.05, 0.1) is 25.8 Å². The molecule has 0 aliphatic rings. The Labute approximate surface area is 83.8 Å². The lowest BCUT2D eigenvalue weighted by molar-refractivity contribution is -0.120. The number of hydrogen-bond donors (Lipinski definition) is 3. The first-order valence-electron chi connectivity index (χ1n) is 4.28. The maximum atomic E-state index is 11.0.